The Morgan fingerprint density at radius 1 is 1.25 bits per heavy atom. The molecule has 0 saturated carbocycles. The molecule has 0 aliphatic carbocycles. The Hall–Kier alpha value is -3.17. The Morgan fingerprint density at radius 3 is 2.64 bits per heavy atom. The molecule has 0 aliphatic heterocycles. The second kappa shape index (κ2) is 7.83. The van der Waals surface area contributed by atoms with E-state index in [0.717, 1.165) is 23.6 Å². The summed E-state index contributed by atoms with van der Waals surface area (Å²) < 4.78 is 46.4. The number of alkyl halides is 3. The molecule has 0 unspecified atom stereocenters. The van der Waals surface area contributed by atoms with Crippen molar-refractivity contribution in [2.45, 2.75) is 32.4 Å². The predicted octanol–water partition coefficient (Wildman–Crippen LogP) is 3.97. The second-order valence-electron chi connectivity index (χ2n) is 6.03. The molecule has 2 heterocycles. The van der Waals surface area contributed by atoms with Gasteiger partial charge in [0.1, 0.15) is 5.75 Å². The third kappa shape index (κ3) is 4.05. The van der Waals surface area contributed by atoms with Gasteiger partial charge in [-0.2, -0.15) is 13.2 Å². The number of rotatable bonds is 6. The molecule has 0 saturated heterocycles. The van der Waals surface area contributed by atoms with Gasteiger partial charge in [-0.05, 0) is 18.6 Å². The highest BCUT2D eigenvalue weighted by Gasteiger charge is 2.38. The van der Waals surface area contributed by atoms with E-state index >= 15 is 0 Å². The summed E-state index contributed by atoms with van der Waals surface area (Å²) in [6.07, 6.45) is -0.370. The fourth-order valence-electron chi connectivity index (χ4n) is 2.65. The van der Waals surface area contributed by atoms with Crippen molar-refractivity contribution in [1.82, 2.24) is 19.5 Å². The highest BCUT2D eigenvalue weighted by Crippen LogP contribution is 2.34. The highest BCUT2D eigenvalue weighted by molar-refractivity contribution is 5.89. The predicted molar refractivity (Wildman–Crippen MR) is 96.4 cm³/mol. The minimum Gasteiger partial charge on any atom is -0.497 e. The van der Waals surface area contributed by atoms with Crippen molar-refractivity contribution >= 4 is 22.8 Å². The highest BCUT2D eigenvalue weighted by atomic mass is 19.4. The number of halogens is 3. The SMILES string of the molecule is CCCCC(=O)Nc1cnc(-n2c(C(F)(F)F)nc3cc(OC)ccc32)cn1. The number of methoxy groups -OCH3 is 1. The van der Waals surface area contributed by atoms with E-state index in [0.29, 0.717) is 12.2 Å². The van der Waals surface area contributed by atoms with Crippen LogP contribution in [0.25, 0.3) is 16.9 Å². The normalized spacial score (nSPS) is 11.6. The van der Waals surface area contributed by atoms with Crippen LogP contribution in [0.4, 0.5) is 19.0 Å². The molecule has 3 aromatic rings. The lowest BCUT2D eigenvalue weighted by atomic mass is 10.2. The fraction of sp³-hybridized carbons (Fsp3) is 0.333. The summed E-state index contributed by atoms with van der Waals surface area (Å²) >= 11 is 0. The van der Waals surface area contributed by atoms with Crippen LogP contribution in [0.15, 0.2) is 30.6 Å². The Balaban J connectivity index is 1.99. The molecule has 3 rings (SSSR count). The van der Waals surface area contributed by atoms with Gasteiger partial charge >= 0.3 is 6.18 Å². The lowest BCUT2D eigenvalue weighted by Crippen LogP contribution is -2.16. The number of anilines is 1. The molecule has 1 aromatic carbocycles. The number of benzene rings is 1. The summed E-state index contributed by atoms with van der Waals surface area (Å²) in [7, 11) is 1.42. The van der Waals surface area contributed by atoms with Gasteiger partial charge in [0.05, 0.1) is 30.5 Å². The fourth-order valence-corrected chi connectivity index (χ4v) is 2.65. The van der Waals surface area contributed by atoms with Crippen molar-refractivity contribution < 1.29 is 22.7 Å². The Kier molecular flexibility index (Phi) is 5.48. The number of amides is 1. The van der Waals surface area contributed by atoms with Gasteiger partial charge in [-0.25, -0.2) is 15.0 Å². The van der Waals surface area contributed by atoms with Crippen LogP contribution in [0.3, 0.4) is 0 Å². The largest absolute Gasteiger partial charge is 0.497 e. The topological polar surface area (TPSA) is 81.9 Å². The van der Waals surface area contributed by atoms with Gasteiger partial charge in [0, 0.05) is 12.5 Å². The van der Waals surface area contributed by atoms with Crippen molar-refractivity contribution in [2.24, 2.45) is 0 Å². The Morgan fingerprint density at radius 2 is 2.04 bits per heavy atom. The first-order valence-electron chi connectivity index (χ1n) is 8.59. The van der Waals surface area contributed by atoms with Crippen LogP contribution in [0.2, 0.25) is 0 Å². The number of hydrogen-bond acceptors (Lipinski definition) is 5. The van der Waals surface area contributed by atoms with Gasteiger partial charge in [-0.1, -0.05) is 13.3 Å². The van der Waals surface area contributed by atoms with Crippen LogP contribution in [0.5, 0.6) is 5.75 Å². The van der Waals surface area contributed by atoms with E-state index in [1.165, 1.54) is 31.5 Å². The van der Waals surface area contributed by atoms with Crippen molar-refractivity contribution in [1.29, 1.82) is 0 Å². The quantitative estimate of drug-likeness (QED) is 0.685. The molecule has 1 amide bonds. The minimum absolute atomic E-state index is 0.0634. The summed E-state index contributed by atoms with van der Waals surface area (Å²) in [5, 5.41) is 2.57. The summed E-state index contributed by atoms with van der Waals surface area (Å²) in [5.74, 6) is -0.844. The number of nitrogens with zero attached hydrogens (tertiary/aromatic N) is 4. The molecule has 1 N–H and O–H groups in total. The molecule has 0 aliphatic rings. The third-order valence-corrected chi connectivity index (χ3v) is 4.01. The van der Waals surface area contributed by atoms with Gasteiger partial charge in [0.25, 0.3) is 0 Å². The Labute approximate surface area is 158 Å². The molecule has 148 valence electrons. The van der Waals surface area contributed by atoms with Crippen LogP contribution in [0, 0.1) is 0 Å². The average Bonchev–Trinajstić information content (AvgIpc) is 3.06. The number of fused-ring (bicyclic) bond motifs is 1. The van der Waals surface area contributed by atoms with E-state index < -0.39 is 12.0 Å². The molecule has 0 bridgehead atoms. The molecule has 0 radical (unpaired) electrons. The molecular weight excluding hydrogens is 375 g/mol. The van der Waals surface area contributed by atoms with E-state index in [1.54, 1.807) is 0 Å². The number of carbonyl (C=O) groups excluding carboxylic acids is 1. The first-order valence-corrected chi connectivity index (χ1v) is 8.59. The van der Waals surface area contributed by atoms with Crippen LogP contribution < -0.4 is 10.1 Å². The van der Waals surface area contributed by atoms with Crippen LogP contribution in [-0.4, -0.2) is 32.5 Å². The first kappa shape index (κ1) is 19.6. The van der Waals surface area contributed by atoms with Gasteiger partial charge in [0.2, 0.25) is 11.7 Å². The lowest BCUT2D eigenvalue weighted by molar-refractivity contribution is -0.145. The molecule has 0 atom stereocenters. The van der Waals surface area contributed by atoms with Crippen LogP contribution in [-0.2, 0) is 11.0 Å². The second-order valence-corrected chi connectivity index (χ2v) is 6.03. The van der Waals surface area contributed by atoms with Crippen molar-refractivity contribution in [3.05, 3.63) is 36.4 Å². The van der Waals surface area contributed by atoms with Crippen LogP contribution in [0.1, 0.15) is 32.0 Å². The molecular formula is C18H18F3N5O2. The molecule has 0 spiro atoms. The number of carbonyl (C=O) groups is 1. The lowest BCUT2D eigenvalue weighted by Gasteiger charge is -2.11. The van der Waals surface area contributed by atoms with Crippen molar-refractivity contribution in [2.75, 3.05) is 12.4 Å². The number of ether oxygens (including phenoxy) is 1. The van der Waals surface area contributed by atoms with Crippen molar-refractivity contribution in [3.63, 3.8) is 0 Å². The van der Waals surface area contributed by atoms with E-state index in [2.05, 4.69) is 20.3 Å². The zero-order chi connectivity index (χ0) is 20.3. The van der Waals surface area contributed by atoms with Gasteiger partial charge < -0.3 is 10.1 Å². The number of unbranched alkanes of at least 4 members (excludes halogenated alkanes) is 1. The summed E-state index contributed by atoms with van der Waals surface area (Å²) in [6.45, 7) is 1.96. The number of imidazole rings is 1. The number of aromatic nitrogens is 4. The maximum atomic E-state index is 13.5. The van der Waals surface area contributed by atoms with Gasteiger partial charge in [-0.15, -0.1) is 0 Å². The molecule has 10 heteroatoms. The third-order valence-electron chi connectivity index (χ3n) is 4.01. The number of nitrogens with one attached hydrogen (secondary N) is 1. The number of hydrogen-bond donors (Lipinski definition) is 1. The maximum absolute atomic E-state index is 13.5. The molecule has 2 aromatic heterocycles. The molecule has 0 fully saturated rings. The van der Waals surface area contributed by atoms with Crippen LogP contribution >= 0.6 is 0 Å². The van der Waals surface area contributed by atoms with E-state index in [-0.39, 0.29) is 28.6 Å². The van der Waals surface area contributed by atoms with E-state index in [4.69, 9.17) is 4.74 Å². The minimum atomic E-state index is -4.69. The zero-order valence-electron chi connectivity index (χ0n) is 15.2. The summed E-state index contributed by atoms with van der Waals surface area (Å²) in [5.41, 5.74) is 0.326. The smallest absolute Gasteiger partial charge is 0.450 e. The van der Waals surface area contributed by atoms with Gasteiger partial charge in [0.15, 0.2) is 11.6 Å². The first-order chi connectivity index (χ1) is 13.3. The zero-order valence-corrected chi connectivity index (χ0v) is 15.2. The summed E-state index contributed by atoms with van der Waals surface area (Å²) in [6, 6.07) is 4.42. The standard InChI is InChI=1S/C18H18F3N5O2/c1-3-4-5-16(27)25-14-9-23-15(10-22-14)26-13-7-6-11(28-2)8-12(13)24-17(26)18(19,20)21/h6-10H,3-5H2,1-2H3,(H,22,25,27). The monoisotopic (exact) mass is 393 g/mol. The van der Waals surface area contributed by atoms with Crippen molar-refractivity contribution in [3.8, 4) is 11.6 Å². The Bertz CT molecular complexity index is 983. The molecule has 7 nitrogen and oxygen atoms in total. The maximum Gasteiger partial charge on any atom is 0.450 e. The van der Waals surface area contributed by atoms with Gasteiger partial charge in [-0.3, -0.25) is 9.36 Å². The van der Waals surface area contributed by atoms with E-state index in [1.807, 2.05) is 6.92 Å². The van der Waals surface area contributed by atoms with E-state index in [9.17, 15) is 18.0 Å². The molecule has 28 heavy (non-hydrogen) atoms. The average molecular weight is 393 g/mol. The summed E-state index contributed by atoms with van der Waals surface area (Å²) in [4.78, 5) is 23.5.